The highest BCUT2D eigenvalue weighted by molar-refractivity contribution is 6.03. The summed E-state index contributed by atoms with van der Waals surface area (Å²) in [6.07, 6.45) is -1.67. The largest absolute Gasteiger partial charge is 0.508 e. The second-order valence-electron chi connectivity index (χ2n) is 10.8. The maximum Gasteiger partial charge on any atom is 0.233 e. The van der Waals surface area contributed by atoms with Gasteiger partial charge in [0.2, 0.25) is 5.91 Å². The van der Waals surface area contributed by atoms with Crippen LogP contribution < -0.4 is 4.90 Å². The number of aliphatic hydroxyl groups is 5. The third-order valence-electron chi connectivity index (χ3n) is 8.04. The predicted octanol–water partition coefficient (Wildman–Crippen LogP) is 2.20. The molecule has 2 aliphatic rings. The molecule has 8 atom stereocenters. The number of phenolic OH excluding ortho intramolecular Hbond substituents is 1. The van der Waals surface area contributed by atoms with Crippen molar-refractivity contribution in [3.05, 3.63) is 59.7 Å². The molecular formula is C30H41NO8. The van der Waals surface area contributed by atoms with Gasteiger partial charge >= 0.3 is 0 Å². The van der Waals surface area contributed by atoms with Gasteiger partial charge in [-0.05, 0) is 43.0 Å². The average Bonchev–Trinajstić information content (AvgIpc) is 2.93. The topological polar surface area (TPSA) is 151 Å². The molecule has 0 saturated carbocycles. The number of carbonyl (C=O) groups excluding carboxylic acids is 1. The van der Waals surface area contributed by atoms with Gasteiger partial charge in [-0.2, -0.15) is 0 Å². The average molecular weight is 544 g/mol. The molecular weight excluding hydrogens is 502 g/mol. The Balaban J connectivity index is 1.52. The van der Waals surface area contributed by atoms with Gasteiger partial charge < -0.3 is 40.3 Å². The highest BCUT2D eigenvalue weighted by atomic mass is 16.5. The molecule has 2 aromatic rings. The van der Waals surface area contributed by atoms with Gasteiger partial charge in [0.1, 0.15) is 30.2 Å². The van der Waals surface area contributed by atoms with Gasteiger partial charge in [-0.1, -0.05) is 56.5 Å². The minimum atomic E-state index is -1.47. The molecule has 39 heavy (non-hydrogen) atoms. The molecule has 2 aromatic carbocycles. The number of carbonyl (C=O) groups is 1. The number of aliphatic hydroxyl groups excluding tert-OH is 5. The van der Waals surface area contributed by atoms with E-state index in [2.05, 4.69) is 6.92 Å². The zero-order chi connectivity index (χ0) is 28.1. The molecule has 0 aromatic heterocycles. The molecule has 9 heteroatoms. The summed E-state index contributed by atoms with van der Waals surface area (Å²) >= 11 is 0. The lowest BCUT2D eigenvalue weighted by molar-refractivity contribution is -0.228. The van der Waals surface area contributed by atoms with Crippen LogP contribution in [0.4, 0.5) is 5.69 Å². The van der Waals surface area contributed by atoms with Crippen molar-refractivity contribution in [2.45, 2.75) is 94.5 Å². The lowest BCUT2D eigenvalue weighted by Crippen LogP contribution is -2.59. The van der Waals surface area contributed by atoms with Crippen LogP contribution >= 0.6 is 0 Å². The van der Waals surface area contributed by atoms with Gasteiger partial charge in [-0.25, -0.2) is 0 Å². The standard InChI is InChI=1S/C30H41NO8/c1-2-3-5-10-20(33)12-14-22-26(31(30(22)38)19-8-6-4-7-9-19)21-13-11-18(15-23(21)34)16-24-27(35)29(37)28(36)25(17-32)39-24/h4,6-9,11,13,15,20,22,24-29,32-37H,2-3,5,10,12,14,16-17H2,1H3/t20-,22-,24+,25-,26-,27+,28-,29-/m1/s1. The molecule has 2 heterocycles. The van der Waals surface area contributed by atoms with Crippen LogP contribution in [0.5, 0.6) is 5.75 Å². The number of rotatable bonds is 12. The molecule has 9 nitrogen and oxygen atoms in total. The van der Waals surface area contributed by atoms with Gasteiger partial charge in [0, 0.05) is 17.7 Å². The van der Waals surface area contributed by atoms with E-state index in [4.69, 9.17) is 4.74 Å². The Morgan fingerprint density at radius 3 is 2.33 bits per heavy atom. The van der Waals surface area contributed by atoms with Crippen LogP contribution in [0, 0.1) is 5.92 Å². The van der Waals surface area contributed by atoms with E-state index in [0.717, 1.165) is 24.9 Å². The van der Waals surface area contributed by atoms with Crippen molar-refractivity contribution < 1.29 is 40.2 Å². The third kappa shape index (κ3) is 6.45. The molecule has 0 spiro atoms. The van der Waals surface area contributed by atoms with Gasteiger partial charge in [-0.3, -0.25) is 4.79 Å². The lowest BCUT2D eigenvalue weighted by Gasteiger charge is -2.48. The number of amides is 1. The first-order chi connectivity index (χ1) is 18.8. The van der Waals surface area contributed by atoms with E-state index in [-0.39, 0.29) is 24.0 Å². The summed E-state index contributed by atoms with van der Waals surface area (Å²) in [5.74, 6) is -0.436. The van der Waals surface area contributed by atoms with E-state index in [1.54, 1.807) is 23.1 Å². The summed E-state index contributed by atoms with van der Waals surface area (Å²) in [7, 11) is 0. The summed E-state index contributed by atoms with van der Waals surface area (Å²) in [5, 5.41) is 61.5. The summed E-state index contributed by atoms with van der Waals surface area (Å²) < 4.78 is 5.61. The number of β-lactam (4-membered cyclic amide) rings is 1. The number of aromatic hydroxyl groups is 1. The second kappa shape index (κ2) is 13.2. The summed E-state index contributed by atoms with van der Waals surface area (Å²) in [6.45, 7) is 1.61. The highest BCUT2D eigenvalue weighted by Gasteiger charge is 2.49. The zero-order valence-electron chi connectivity index (χ0n) is 22.3. The molecule has 2 saturated heterocycles. The minimum absolute atomic E-state index is 0.0102. The van der Waals surface area contributed by atoms with Crippen LogP contribution in [0.2, 0.25) is 0 Å². The van der Waals surface area contributed by atoms with Crippen molar-refractivity contribution in [2.75, 3.05) is 11.5 Å². The molecule has 0 radical (unpaired) electrons. The Kier molecular flexibility index (Phi) is 9.98. The Morgan fingerprint density at radius 2 is 1.67 bits per heavy atom. The number of hydrogen-bond acceptors (Lipinski definition) is 8. The fourth-order valence-corrected chi connectivity index (χ4v) is 5.75. The molecule has 2 aliphatic heterocycles. The molecule has 214 valence electrons. The van der Waals surface area contributed by atoms with Crippen molar-refractivity contribution in [2.24, 2.45) is 5.92 Å². The molecule has 6 N–H and O–H groups in total. The molecule has 0 unspecified atom stereocenters. The molecule has 0 aliphatic carbocycles. The maximum atomic E-state index is 13.3. The lowest BCUT2D eigenvalue weighted by atomic mass is 9.77. The van der Waals surface area contributed by atoms with Gasteiger partial charge in [0.05, 0.1) is 30.8 Å². The Morgan fingerprint density at radius 1 is 0.949 bits per heavy atom. The van der Waals surface area contributed by atoms with Crippen molar-refractivity contribution >= 4 is 11.6 Å². The summed E-state index contributed by atoms with van der Waals surface area (Å²) in [6, 6.07) is 14.0. The van der Waals surface area contributed by atoms with E-state index in [0.29, 0.717) is 30.4 Å². The normalized spacial score (nSPS) is 29.7. The van der Waals surface area contributed by atoms with Crippen LogP contribution in [0.3, 0.4) is 0 Å². The zero-order valence-corrected chi connectivity index (χ0v) is 22.3. The molecule has 1 amide bonds. The van der Waals surface area contributed by atoms with Gasteiger partial charge in [-0.15, -0.1) is 0 Å². The van der Waals surface area contributed by atoms with E-state index in [1.165, 1.54) is 0 Å². The minimum Gasteiger partial charge on any atom is -0.508 e. The third-order valence-corrected chi connectivity index (χ3v) is 8.04. The van der Waals surface area contributed by atoms with Crippen molar-refractivity contribution in [1.29, 1.82) is 0 Å². The monoisotopic (exact) mass is 543 g/mol. The number of para-hydroxylation sites is 1. The first-order valence-electron chi connectivity index (χ1n) is 13.9. The number of unbranched alkanes of at least 4 members (excludes halogenated alkanes) is 2. The van der Waals surface area contributed by atoms with Crippen molar-refractivity contribution in [1.82, 2.24) is 0 Å². The number of phenols is 1. The van der Waals surface area contributed by atoms with Crippen molar-refractivity contribution in [3.8, 4) is 5.75 Å². The Hall–Kier alpha value is -2.53. The second-order valence-corrected chi connectivity index (χ2v) is 10.8. The van der Waals surface area contributed by atoms with Crippen LogP contribution in [-0.2, 0) is 16.0 Å². The fraction of sp³-hybridized carbons (Fsp3) is 0.567. The molecule has 0 bridgehead atoms. The first kappa shape index (κ1) is 29.5. The van der Waals surface area contributed by atoms with E-state index >= 15 is 0 Å². The van der Waals surface area contributed by atoms with E-state index < -0.39 is 49.3 Å². The summed E-state index contributed by atoms with van der Waals surface area (Å²) in [4.78, 5) is 14.9. The van der Waals surface area contributed by atoms with Crippen LogP contribution in [0.1, 0.15) is 62.6 Å². The molecule has 2 fully saturated rings. The van der Waals surface area contributed by atoms with E-state index in [9.17, 15) is 35.4 Å². The predicted molar refractivity (Wildman–Crippen MR) is 145 cm³/mol. The first-order valence-corrected chi connectivity index (χ1v) is 13.9. The number of hydrogen-bond donors (Lipinski definition) is 6. The summed E-state index contributed by atoms with van der Waals surface area (Å²) in [5.41, 5.74) is 1.94. The fourth-order valence-electron chi connectivity index (χ4n) is 5.75. The SMILES string of the molecule is CCCCC[C@@H](O)CC[C@H]1C(=O)N(c2ccccc2)[C@@H]1c1ccc(C[C@@H]2O[C@H](CO)[C@@H](O)[C@H](O)[C@H]2O)cc1O. The highest BCUT2D eigenvalue weighted by Crippen LogP contribution is 2.48. The van der Waals surface area contributed by atoms with Crippen molar-refractivity contribution in [3.63, 3.8) is 0 Å². The van der Waals surface area contributed by atoms with Crippen LogP contribution in [0.25, 0.3) is 0 Å². The number of benzene rings is 2. The number of ether oxygens (including phenoxy) is 1. The quantitative estimate of drug-likeness (QED) is 0.176. The van der Waals surface area contributed by atoms with E-state index in [1.807, 2.05) is 30.3 Å². The Bertz CT molecular complexity index is 1080. The van der Waals surface area contributed by atoms with Crippen LogP contribution in [-0.4, -0.2) is 79.8 Å². The Labute approximate surface area is 229 Å². The van der Waals surface area contributed by atoms with Gasteiger partial charge in [0.15, 0.2) is 0 Å². The maximum absolute atomic E-state index is 13.3. The van der Waals surface area contributed by atoms with Gasteiger partial charge in [0.25, 0.3) is 0 Å². The smallest absolute Gasteiger partial charge is 0.233 e. The molecule has 4 rings (SSSR count). The van der Waals surface area contributed by atoms with Crippen LogP contribution in [0.15, 0.2) is 48.5 Å². The number of anilines is 1. The number of nitrogens with zero attached hydrogens (tertiary/aromatic N) is 1.